The highest BCUT2D eigenvalue weighted by molar-refractivity contribution is 6.22. The fourth-order valence-electron chi connectivity index (χ4n) is 3.71. The van der Waals surface area contributed by atoms with Crippen LogP contribution < -0.4 is 10.2 Å². The highest BCUT2D eigenvalue weighted by atomic mass is 16.5. The lowest BCUT2D eigenvalue weighted by molar-refractivity contribution is -0.121. The Morgan fingerprint density at radius 3 is 2.50 bits per heavy atom. The molecule has 2 saturated heterocycles. The zero-order chi connectivity index (χ0) is 20.1. The van der Waals surface area contributed by atoms with Gasteiger partial charge in [0.1, 0.15) is 0 Å². The summed E-state index contributed by atoms with van der Waals surface area (Å²) in [5.41, 5.74) is 0.882. The second-order valence-electron chi connectivity index (χ2n) is 7.57. The minimum atomic E-state index is -0.485. The summed E-state index contributed by atoms with van der Waals surface area (Å²) in [6, 6.07) is 5.89. The molecule has 0 spiro atoms. The van der Waals surface area contributed by atoms with Crippen molar-refractivity contribution in [1.29, 1.82) is 0 Å². The molecule has 2 amide bonds. The Balaban J connectivity index is 1.53. The van der Waals surface area contributed by atoms with Crippen LogP contribution in [0.3, 0.4) is 0 Å². The van der Waals surface area contributed by atoms with E-state index in [-0.39, 0.29) is 18.2 Å². The van der Waals surface area contributed by atoms with E-state index in [0.717, 1.165) is 25.6 Å². The summed E-state index contributed by atoms with van der Waals surface area (Å²) >= 11 is 0. The molecule has 152 valence electrons. The average molecular weight is 387 g/mol. The standard InChI is InChI=1S/C21H29N3O4/c1-3-28-21(27)16-4-6-17(7-5-16)24-19(25)14-18(20(24)26)22-10-13-23-11-8-15(2)9-12-23/h4-7,15,18,22H,3,8-14H2,1-2H3. The maximum Gasteiger partial charge on any atom is 0.338 e. The van der Waals surface area contributed by atoms with Crippen LogP contribution in [0.4, 0.5) is 5.69 Å². The first-order valence-corrected chi connectivity index (χ1v) is 10.1. The zero-order valence-corrected chi connectivity index (χ0v) is 16.6. The van der Waals surface area contributed by atoms with Crippen LogP contribution in [0.25, 0.3) is 0 Å². The first-order valence-electron chi connectivity index (χ1n) is 10.1. The number of carbonyl (C=O) groups is 3. The van der Waals surface area contributed by atoms with Crippen molar-refractivity contribution in [3.8, 4) is 0 Å². The number of amides is 2. The van der Waals surface area contributed by atoms with E-state index in [4.69, 9.17) is 4.74 Å². The first-order chi connectivity index (χ1) is 13.5. The van der Waals surface area contributed by atoms with Crippen molar-refractivity contribution in [2.45, 2.75) is 39.2 Å². The van der Waals surface area contributed by atoms with E-state index < -0.39 is 12.0 Å². The fourth-order valence-corrected chi connectivity index (χ4v) is 3.71. The summed E-state index contributed by atoms with van der Waals surface area (Å²) in [4.78, 5) is 40.4. The van der Waals surface area contributed by atoms with Crippen LogP contribution in [-0.4, -0.2) is 61.5 Å². The van der Waals surface area contributed by atoms with Gasteiger partial charge in [-0.05, 0) is 63.0 Å². The number of hydrogen-bond acceptors (Lipinski definition) is 6. The molecule has 1 N–H and O–H groups in total. The van der Waals surface area contributed by atoms with E-state index in [0.29, 0.717) is 24.4 Å². The summed E-state index contributed by atoms with van der Waals surface area (Å²) in [7, 11) is 0. The molecule has 2 aliphatic rings. The third-order valence-corrected chi connectivity index (χ3v) is 5.48. The highest BCUT2D eigenvalue weighted by Gasteiger charge is 2.39. The van der Waals surface area contributed by atoms with Crippen molar-refractivity contribution in [3.63, 3.8) is 0 Å². The molecule has 1 unspecified atom stereocenters. The minimum absolute atomic E-state index is 0.162. The number of piperidine rings is 1. The topological polar surface area (TPSA) is 79.0 Å². The van der Waals surface area contributed by atoms with Gasteiger partial charge < -0.3 is 15.0 Å². The molecule has 0 aliphatic carbocycles. The number of nitrogens with zero attached hydrogens (tertiary/aromatic N) is 2. The smallest absolute Gasteiger partial charge is 0.338 e. The van der Waals surface area contributed by atoms with Crippen LogP contribution >= 0.6 is 0 Å². The van der Waals surface area contributed by atoms with Gasteiger partial charge in [0, 0.05) is 13.1 Å². The van der Waals surface area contributed by atoms with Gasteiger partial charge in [0.15, 0.2) is 0 Å². The molecule has 7 heteroatoms. The molecular formula is C21H29N3O4. The maximum absolute atomic E-state index is 12.7. The van der Waals surface area contributed by atoms with Crippen LogP contribution in [0.15, 0.2) is 24.3 Å². The molecule has 0 saturated carbocycles. The van der Waals surface area contributed by atoms with E-state index in [1.165, 1.54) is 17.7 Å². The Bertz CT molecular complexity index is 711. The Kier molecular flexibility index (Phi) is 6.80. The number of benzene rings is 1. The number of carbonyl (C=O) groups excluding carboxylic acids is 3. The number of likely N-dealkylation sites (tertiary alicyclic amines) is 1. The second kappa shape index (κ2) is 9.30. The Morgan fingerprint density at radius 1 is 1.18 bits per heavy atom. The summed E-state index contributed by atoms with van der Waals surface area (Å²) < 4.78 is 4.95. The van der Waals surface area contributed by atoms with Gasteiger partial charge in [-0.15, -0.1) is 0 Å². The Hall–Kier alpha value is -2.25. The quantitative estimate of drug-likeness (QED) is 0.568. The summed E-state index contributed by atoms with van der Waals surface area (Å²) in [5.74, 6) is -0.0823. The predicted octanol–water partition coefficient (Wildman–Crippen LogP) is 1.82. The monoisotopic (exact) mass is 387 g/mol. The zero-order valence-electron chi connectivity index (χ0n) is 16.6. The molecule has 0 bridgehead atoms. The SMILES string of the molecule is CCOC(=O)c1ccc(N2C(=O)CC(NCCN3CCC(C)CC3)C2=O)cc1. The number of ether oxygens (including phenoxy) is 1. The van der Waals surface area contributed by atoms with Crippen LogP contribution in [0, 0.1) is 5.92 Å². The molecule has 1 aromatic rings. The number of anilines is 1. The van der Waals surface area contributed by atoms with Gasteiger partial charge >= 0.3 is 5.97 Å². The lowest BCUT2D eigenvalue weighted by Crippen LogP contribution is -2.43. The molecule has 1 aromatic carbocycles. The molecule has 0 aromatic heterocycles. The lowest BCUT2D eigenvalue weighted by atomic mass is 9.99. The van der Waals surface area contributed by atoms with Gasteiger partial charge in [-0.25, -0.2) is 9.69 Å². The van der Waals surface area contributed by atoms with Gasteiger partial charge in [0.05, 0.1) is 30.3 Å². The second-order valence-corrected chi connectivity index (χ2v) is 7.57. The number of esters is 1. The molecule has 7 nitrogen and oxygen atoms in total. The highest BCUT2D eigenvalue weighted by Crippen LogP contribution is 2.23. The van der Waals surface area contributed by atoms with E-state index in [9.17, 15) is 14.4 Å². The van der Waals surface area contributed by atoms with E-state index >= 15 is 0 Å². The number of imide groups is 1. The summed E-state index contributed by atoms with van der Waals surface area (Å²) in [5, 5.41) is 3.24. The van der Waals surface area contributed by atoms with Gasteiger partial charge in [0.2, 0.25) is 5.91 Å². The molecule has 1 atom stereocenters. The largest absolute Gasteiger partial charge is 0.462 e. The van der Waals surface area contributed by atoms with Crippen molar-refractivity contribution in [2.75, 3.05) is 37.7 Å². The van der Waals surface area contributed by atoms with Gasteiger partial charge in [0.25, 0.3) is 5.91 Å². The lowest BCUT2D eigenvalue weighted by Gasteiger charge is -2.30. The van der Waals surface area contributed by atoms with Gasteiger partial charge in [-0.1, -0.05) is 6.92 Å². The fraction of sp³-hybridized carbons (Fsp3) is 0.571. The van der Waals surface area contributed by atoms with E-state index in [2.05, 4.69) is 17.1 Å². The molecule has 0 radical (unpaired) electrons. The number of nitrogens with one attached hydrogen (secondary N) is 1. The van der Waals surface area contributed by atoms with Crippen molar-refractivity contribution >= 4 is 23.5 Å². The molecular weight excluding hydrogens is 358 g/mol. The van der Waals surface area contributed by atoms with Crippen LogP contribution in [-0.2, 0) is 14.3 Å². The summed E-state index contributed by atoms with van der Waals surface area (Å²) in [6.07, 6.45) is 2.60. The van der Waals surface area contributed by atoms with Crippen LogP contribution in [0.2, 0.25) is 0 Å². The average Bonchev–Trinajstić information content (AvgIpc) is 2.97. The van der Waals surface area contributed by atoms with Crippen molar-refractivity contribution in [1.82, 2.24) is 10.2 Å². The maximum atomic E-state index is 12.7. The Morgan fingerprint density at radius 2 is 1.86 bits per heavy atom. The third-order valence-electron chi connectivity index (χ3n) is 5.48. The first kappa shape index (κ1) is 20.5. The van der Waals surface area contributed by atoms with Crippen LogP contribution in [0.5, 0.6) is 0 Å². The predicted molar refractivity (Wildman–Crippen MR) is 106 cm³/mol. The third kappa shape index (κ3) is 4.77. The number of hydrogen-bond donors (Lipinski definition) is 1. The molecule has 2 aliphatic heterocycles. The van der Waals surface area contributed by atoms with Crippen molar-refractivity contribution in [2.24, 2.45) is 5.92 Å². The van der Waals surface area contributed by atoms with Crippen molar-refractivity contribution in [3.05, 3.63) is 29.8 Å². The van der Waals surface area contributed by atoms with Crippen LogP contribution in [0.1, 0.15) is 43.5 Å². The van der Waals surface area contributed by atoms with E-state index in [1.807, 2.05) is 0 Å². The Labute approximate surface area is 166 Å². The normalized spacial score (nSPS) is 21.4. The molecule has 3 rings (SSSR count). The van der Waals surface area contributed by atoms with E-state index in [1.54, 1.807) is 31.2 Å². The minimum Gasteiger partial charge on any atom is -0.462 e. The van der Waals surface area contributed by atoms with Gasteiger partial charge in [-0.2, -0.15) is 0 Å². The molecule has 2 heterocycles. The van der Waals surface area contributed by atoms with Crippen molar-refractivity contribution < 1.29 is 19.1 Å². The number of rotatable bonds is 7. The molecule has 2 fully saturated rings. The van der Waals surface area contributed by atoms with Gasteiger partial charge in [-0.3, -0.25) is 9.59 Å². The summed E-state index contributed by atoms with van der Waals surface area (Å²) in [6.45, 7) is 8.10. The molecule has 28 heavy (non-hydrogen) atoms.